The number of nitrogens with zero attached hydrogens (tertiary/aromatic N) is 3. The highest BCUT2D eigenvalue weighted by atomic mass is 35.5. The molecule has 1 aromatic carbocycles. The van der Waals surface area contributed by atoms with Gasteiger partial charge in [0.05, 0.1) is 11.9 Å². The standard InChI is InChI=1S/C14H13ClF2N4OS/c1-8-5-20-14(23-8)22-7-10(21-18)6-19-9-2-3-12(15)11(4-9)13(16)17/h2-6,13H,7,18H2,1H3. The Hall–Kier alpha value is -2.06. The Bertz CT molecular complexity index is 733. The molecule has 0 aliphatic heterocycles. The summed E-state index contributed by atoms with van der Waals surface area (Å²) >= 11 is 7.09. The number of aryl methyl sites for hydroxylation is 1. The van der Waals surface area contributed by atoms with Crippen LogP contribution in [0, 0.1) is 6.92 Å². The van der Waals surface area contributed by atoms with E-state index >= 15 is 0 Å². The maximum Gasteiger partial charge on any atom is 0.273 e. The molecular weight excluding hydrogens is 346 g/mol. The van der Waals surface area contributed by atoms with E-state index in [-0.39, 0.29) is 17.2 Å². The summed E-state index contributed by atoms with van der Waals surface area (Å²) in [6, 6.07) is 4.09. The van der Waals surface area contributed by atoms with E-state index in [1.54, 1.807) is 6.20 Å². The van der Waals surface area contributed by atoms with Gasteiger partial charge in [0.1, 0.15) is 12.3 Å². The van der Waals surface area contributed by atoms with Gasteiger partial charge in [-0.25, -0.2) is 13.8 Å². The summed E-state index contributed by atoms with van der Waals surface area (Å²) in [5.74, 6) is 5.27. The second-order valence-corrected chi connectivity index (χ2v) is 6.02. The van der Waals surface area contributed by atoms with Crippen molar-refractivity contribution in [2.45, 2.75) is 13.3 Å². The molecule has 1 heterocycles. The number of alkyl halides is 2. The summed E-state index contributed by atoms with van der Waals surface area (Å²) in [6.45, 7) is 1.98. The van der Waals surface area contributed by atoms with Crippen LogP contribution in [0.25, 0.3) is 0 Å². The summed E-state index contributed by atoms with van der Waals surface area (Å²) in [5.41, 5.74) is 0.379. The van der Waals surface area contributed by atoms with Crippen molar-refractivity contribution in [3.05, 3.63) is 39.9 Å². The lowest BCUT2D eigenvalue weighted by atomic mass is 10.2. The van der Waals surface area contributed by atoms with E-state index in [0.717, 1.165) is 4.88 Å². The van der Waals surface area contributed by atoms with Gasteiger partial charge < -0.3 is 10.6 Å². The Kier molecular flexibility index (Phi) is 6.00. The molecule has 2 rings (SSSR count). The van der Waals surface area contributed by atoms with Crippen molar-refractivity contribution in [3.8, 4) is 5.19 Å². The fraction of sp³-hybridized carbons (Fsp3) is 0.214. The minimum Gasteiger partial charge on any atom is -0.463 e. The molecule has 9 heteroatoms. The molecule has 0 bridgehead atoms. The SMILES string of the molecule is Cc1cnc(OCC(C=Nc2ccc(Cl)c(C(F)F)c2)=NN)s1. The number of halogens is 3. The van der Waals surface area contributed by atoms with E-state index in [0.29, 0.717) is 16.6 Å². The first-order valence-corrected chi connectivity index (χ1v) is 7.62. The summed E-state index contributed by atoms with van der Waals surface area (Å²) in [4.78, 5) is 9.11. The van der Waals surface area contributed by atoms with Crippen LogP contribution in [-0.2, 0) is 0 Å². The van der Waals surface area contributed by atoms with Crippen molar-refractivity contribution in [1.29, 1.82) is 0 Å². The van der Waals surface area contributed by atoms with Crippen molar-refractivity contribution in [2.75, 3.05) is 6.61 Å². The molecule has 0 amide bonds. The molecule has 0 fully saturated rings. The topological polar surface area (TPSA) is 72.9 Å². The zero-order valence-electron chi connectivity index (χ0n) is 12.0. The third kappa shape index (κ3) is 4.97. The van der Waals surface area contributed by atoms with Gasteiger partial charge in [-0.3, -0.25) is 4.99 Å². The molecule has 0 atom stereocenters. The molecule has 0 radical (unpaired) electrons. The number of hydrogen-bond acceptors (Lipinski definition) is 6. The van der Waals surface area contributed by atoms with Crippen molar-refractivity contribution >= 4 is 40.6 Å². The zero-order valence-corrected chi connectivity index (χ0v) is 13.6. The van der Waals surface area contributed by atoms with Crippen LogP contribution in [0.4, 0.5) is 14.5 Å². The van der Waals surface area contributed by atoms with E-state index < -0.39 is 6.43 Å². The zero-order chi connectivity index (χ0) is 16.8. The van der Waals surface area contributed by atoms with Crippen molar-refractivity contribution < 1.29 is 13.5 Å². The van der Waals surface area contributed by atoms with E-state index in [9.17, 15) is 8.78 Å². The van der Waals surface area contributed by atoms with Crippen molar-refractivity contribution in [2.24, 2.45) is 15.9 Å². The fourth-order valence-corrected chi connectivity index (χ4v) is 2.38. The Morgan fingerprint density at radius 2 is 2.30 bits per heavy atom. The lowest BCUT2D eigenvalue weighted by Crippen LogP contribution is -2.14. The van der Waals surface area contributed by atoms with Crippen LogP contribution >= 0.6 is 22.9 Å². The molecule has 2 N–H and O–H groups in total. The number of hydrogen-bond donors (Lipinski definition) is 1. The summed E-state index contributed by atoms with van der Waals surface area (Å²) in [6.07, 6.45) is 0.364. The molecule has 122 valence electrons. The Labute approximate surface area is 140 Å². The highest BCUT2D eigenvalue weighted by Crippen LogP contribution is 2.30. The summed E-state index contributed by atoms with van der Waals surface area (Å²) < 4.78 is 31.0. The van der Waals surface area contributed by atoms with Gasteiger partial charge in [-0.1, -0.05) is 22.9 Å². The number of aliphatic imine (C=N–C) groups is 1. The second kappa shape index (κ2) is 7.98. The average Bonchev–Trinajstić information content (AvgIpc) is 2.94. The van der Waals surface area contributed by atoms with Gasteiger partial charge in [0, 0.05) is 21.7 Å². The summed E-state index contributed by atoms with van der Waals surface area (Å²) in [7, 11) is 0. The van der Waals surface area contributed by atoms with Crippen LogP contribution in [0.1, 0.15) is 16.9 Å². The minimum absolute atomic E-state index is 0.00543. The first-order valence-electron chi connectivity index (χ1n) is 6.43. The van der Waals surface area contributed by atoms with Crippen LogP contribution in [0.15, 0.2) is 34.5 Å². The molecule has 0 aliphatic carbocycles. The maximum absolute atomic E-state index is 12.8. The van der Waals surface area contributed by atoms with Crippen LogP contribution in [-0.4, -0.2) is 23.5 Å². The van der Waals surface area contributed by atoms with Crippen molar-refractivity contribution in [3.63, 3.8) is 0 Å². The molecule has 0 aliphatic rings. The lowest BCUT2D eigenvalue weighted by molar-refractivity contribution is 0.151. The number of aromatic nitrogens is 1. The molecule has 23 heavy (non-hydrogen) atoms. The summed E-state index contributed by atoms with van der Waals surface area (Å²) in [5, 5.41) is 4.03. The largest absolute Gasteiger partial charge is 0.463 e. The Morgan fingerprint density at radius 3 is 2.91 bits per heavy atom. The molecule has 0 saturated carbocycles. The molecule has 1 aromatic heterocycles. The minimum atomic E-state index is -2.67. The number of thiazole rings is 1. The number of benzene rings is 1. The smallest absolute Gasteiger partial charge is 0.273 e. The highest BCUT2D eigenvalue weighted by Gasteiger charge is 2.12. The van der Waals surface area contributed by atoms with Gasteiger partial charge in [-0.05, 0) is 25.1 Å². The first-order chi connectivity index (χ1) is 11.0. The molecule has 0 unspecified atom stereocenters. The lowest BCUT2D eigenvalue weighted by Gasteiger charge is -2.04. The van der Waals surface area contributed by atoms with Gasteiger partial charge in [0.25, 0.3) is 11.6 Å². The van der Waals surface area contributed by atoms with Crippen molar-refractivity contribution in [1.82, 2.24) is 4.98 Å². The molecule has 5 nitrogen and oxygen atoms in total. The van der Waals surface area contributed by atoms with Crippen LogP contribution < -0.4 is 10.6 Å². The van der Waals surface area contributed by atoms with Gasteiger partial charge in [0.15, 0.2) is 0 Å². The predicted octanol–water partition coefficient (Wildman–Crippen LogP) is 4.14. The van der Waals surface area contributed by atoms with E-state index in [2.05, 4.69) is 15.1 Å². The monoisotopic (exact) mass is 358 g/mol. The fourth-order valence-electron chi connectivity index (χ4n) is 1.57. The third-order valence-corrected chi connectivity index (χ3v) is 3.86. The van der Waals surface area contributed by atoms with Gasteiger partial charge in [0.2, 0.25) is 0 Å². The van der Waals surface area contributed by atoms with Gasteiger partial charge >= 0.3 is 0 Å². The van der Waals surface area contributed by atoms with E-state index in [1.807, 2.05) is 6.92 Å². The van der Waals surface area contributed by atoms with E-state index in [1.165, 1.54) is 35.8 Å². The van der Waals surface area contributed by atoms with Gasteiger partial charge in [-0.2, -0.15) is 5.10 Å². The maximum atomic E-state index is 12.8. The molecule has 0 spiro atoms. The number of ether oxygens (including phenoxy) is 1. The van der Waals surface area contributed by atoms with Gasteiger partial charge in [-0.15, -0.1) is 0 Å². The van der Waals surface area contributed by atoms with E-state index in [4.69, 9.17) is 22.2 Å². The quantitative estimate of drug-likeness (QED) is 0.479. The number of hydrazone groups is 1. The molecule has 0 saturated heterocycles. The average molecular weight is 359 g/mol. The van der Waals surface area contributed by atoms with Crippen LogP contribution in [0.2, 0.25) is 5.02 Å². The highest BCUT2D eigenvalue weighted by molar-refractivity contribution is 7.13. The normalized spacial score (nSPS) is 12.3. The molecule has 2 aromatic rings. The second-order valence-electron chi connectivity index (χ2n) is 4.41. The first kappa shape index (κ1) is 17.3. The molecular formula is C14H13ClF2N4OS. The van der Waals surface area contributed by atoms with Crippen LogP contribution in [0.3, 0.4) is 0 Å². The Balaban J connectivity index is 2.03. The number of rotatable bonds is 6. The Morgan fingerprint density at radius 1 is 1.52 bits per heavy atom. The third-order valence-electron chi connectivity index (χ3n) is 2.69. The van der Waals surface area contributed by atoms with Crippen LogP contribution in [0.5, 0.6) is 5.19 Å². The number of nitrogens with two attached hydrogens (primary N) is 1. The predicted molar refractivity (Wildman–Crippen MR) is 88.5 cm³/mol.